The Morgan fingerprint density at radius 2 is 1.60 bits per heavy atom. The molecule has 0 unspecified atom stereocenters. The second-order valence-electron chi connectivity index (χ2n) is 7.44. The van der Waals surface area contributed by atoms with Crippen LogP contribution in [0.25, 0.3) is 10.8 Å². The van der Waals surface area contributed by atoms with Crippen molar-refractivity contribution in [1.82, 2.24) is 10.7 Å². The molecule has 8 heteroatoms. The summed E-state index contributed by atoms with van der Waals surface area (Å²) in [6, 6.07) is 26.1. The van der Waals surface area contributed by atoms with Crippen LogP contribution in [0.2, 0.25) is 5.02 Å². The van der Waals surface area contributed by atoms with E-state index in [1.54, 1.807) is 48.5 Å². The highest BCUT2D eigenvalue weighted by molar-refractivity contribution is 6.31. The maximum atomic E-state index is 12.6. The lowest BCUT2D eigenvalue weighted by molar-refractivity contribution is -0.120. The summed E-state index contributed by atoms with van der Waals surface area (Å²) in [5.74, 6) is -1.18. The van der Waals surface area contributed by atoms with Gasteiger partial charge < -0.3 is 10.1 Å². The number of nitrogens with one attached hydrogen (secondary N) is 2. The molecule has 2 amide bonds. The second kappa shape index (κ2) is 11.1. The highest BCUT2D eigenvalue weighted by Gasteiger charge is 2.13. The number of ether oxygens (including phenoxy) is 1. The van der Waals surface area contributed by atoms with E-state index in [-0.39, 0.29) is 6.54 Å². The molecule has 0 aliphatic carbocycles. The fourth-order valence-electron chi connectivity index (χ4n) is 3.33. The molecule has 4 rings (SSSR count). The Morgan fingerprint density at radius 1 is 0.857 bits per heavy atom. The number of rotatable bonds is 7. The third-order valence-electron chi connectivity index (χ3n) is 5.02. The van der Waals surface area contributed by atoms with Gasteiger partial charge in [0.2, 0.25) is 0 Å². The van der Waals surface area contributed by atoms with Crippen LogP contribution in [0.3, 0.4) is 0 Å². The monoisotopic (exact) mass is 485 g/mol. The van der Waals surface area contributed by atoms with E-state index in [0.29, 0.717) is 27.5 Å². The molecule has 4 aromatic rings. The number of benzene rings is 4. The first-order valence-electron chi connectivity index (χ1n) is 10.7. The van der Waals surface area contributed by atoms with Crippen molar-refractivity contribution in [3.63, 3.8) is 0 Å². The van der Waals surface area contributed by atoms with Gasteiger partial charge in [0.1, 0.15) is 5.75 Å². The largest absolute Gasteiger partial charge is 0.422 e. The average Bonchev–Trinajstić information content (AvgIpc) is 2.88. The van der Waals surface area contributed by atoms with Gasteiger partial charge in [0.15, 0.2) is 0 Å². The Balaban J connectivity index is 1.46. The minimum absolute atomic E-state index is 0.284. The van der Waals surface area contributed by atoms with Gasteiger partial charge >= 0.3 is 5.97 Å². The minimum Gasteiger partial charge on any atom is -0.422 e. The molecule has 0 saturated heterocycles. The fourth-order valence-corrected chi connectivity index (χ4v) is 3.52. The lowest BCUT2D eigenvalue weighted by atomic mass is 10.0. The van der Waals surface area contributed by atoms with Crippen LogP contribution in [0, 0.1) is 0 Å². The Bertz CT molecular complexity index is 1420. The van der Waals surface area contributed by atoms with Gasteiger partial charge in [0.05, 0.1) is 18.3 Å². The Hall–Kier alpha value is -4.49. The number of esters is 1. The molecular formula is C27H20ClN3O4. The fraction of sp³-hybridized carbons (Fsp3) is 0.0370. The molecule has 0 spiro atoms. The summed E-state index contributed by atoms with van der Waals surface area (Å²) >= 11 is 5.89. The smallest absolute Gasteiger partial charge is 0.343 e. The number of fused-ring (bicyclic) bond motifs is 1. The summed E-state index contributed by atoms with van der Waals surface area (Å²) in [7, 11) is 0. The Kier molecular flexibility index (Phi) is 7.50. The van der Waals surface area contributed by atoms with E-state index in [0.717, 1.165) is 10.8 Å². The number of hydrogen-bond donors (Lipinski definition) is 2. The van der Waals surface area contributed by atoms with E-state index >= 15 is 0 Å². The molecule has 7 nitrogen and oxygen atoms in total. The topological polar surface area (TPSA) is 96.9 Å². The second-order valence-corrected chi connectivity index (χ2v) is 7.88. The number of nitrogens with zero attached hydrogens (tertiary/aromatic N) is 1. The normalized spacial score (nSPS) is 10.8. The van der Waals surface area contributed by atoms with Gasteiger partial charge in [-0.25, -0.2) is 10.2 Å². The molecule has 0 saturated carbocycles. The maximum absolute atomic E-state index is 12.6. The first kappa shape index (κ1) is 23.7. The van der Waals surface area contributed by atoms with Crippen molar-refractivity contribution in [1.29, 1.82) is 0 Å². The van der Waals surface area contributed by atoms with Crippen LogP contribution in [0.5, 0.6) is 5.75 Å². The van der Waals surface area contributed by atoms with E-state index < -0.39 is 17.8 Å². The zero-order chi connectivity index (χ0) is 24.6. The lowest BCUT2D eigenvalue weighted by Gasteiger charge is -2.10. The summed E-state index contributed by atoms with van der Waals surface area (Å²) in [6.07, 6.45) is 1.41. The maximum Gasteiger partial charge on any atom is 0.343 e. The number of amides is 2. The van der Waals surface area contributed by atoms with Crippen molar-refractivity contribution >= 4 is 46.4 Å². The van der Waals surface area contributed by atoms with Gasteiger partial charge in [-0.15, -0.1) is 0 Å². The van der Waals surface area contributed by atoms with Gasteiger partial charge in [-0.1, -0.05) is 66.2 Å². The molecule has 2 N–H and O–H groups in total. The first-order chi connectivity index (χ1) is 17.0. The van der Waals surface area contributed by atoms with Crippen molar-refractivity contribution in [3.05, 3.63) is 113 Å². The van der Waals surface area contributed by atoms with Gasteiger partial charge in [-0.3, -0.25) is 9.59 Å². The molecule has 0 aliphatic rings. The van der Waals surface area contributed by atoms with E-state index in [1.165, 1.54) is 12.3 Å². The lowest BCUT2D eigenvalue weighted by Crippen LogP contribution is -2.34. The summed E-state index contributed by atoms with van der Waals surface area (Å²) in [5, 5.41) is 8.64. The number of carbonyl (C=O) groups excluding carboxylic acids is 3. The molecule has 0 aliphatic heterocycles. The van der Waals surface area contributed by atoms with Crippen LogP contribution in [0.4, 0.5) is 0 Å². The summed E-state index contributed by atoms with van der Waals surface area (Å²) in [6.45, 7) is -0.284. The van der Waals surface area contributed by atoms with Crippen LogP contribution < -0.4 is 15.5 Å². The zero-order valence-electron chi connectivity index (χ0n) is 18.4. The highest BCUT2D eigenvalue weighted by atomic mass is 35.5. The van der Waals surface area contributed by atoms with Gasteiger partial charge in [0.25, 0.3) is 11.8 Å². The van der Waals surface area contributed by atoms with Gasteiger partial charge in [-0.05, 0) is 47.2 Å². The molecular weight excluding hydrogens is 466 g/mol. The number of carbonyl (C=O) groups is 3. The Labute approximate surface area is 206 Å². The van der Waals surface area contributed by atoms with Crippen molar-refractivity contribution in [3.8, 4) is 5.75 Å². The molecule has 4 aromatic carbocycles. The van der Waals surface area contributed by atoms with Crippen LogP contribution in [-0.4, -0.2) is 30.5 Å². The van der Waals surface area contributed by atoms with Crippen LogP contribution in [0.1, 0.15) is 26.3 Å². The first-order valence-corrected chi connectivity index (χ1v) is 11.0. The molecule has 0 aromatic heterocycles. The predicted octanol–water partition coefficient (Wildman–Crippen LogP) is 4.59. The highest BCUT2D eigenvalue weighted by Crippen LogP contribution is 2.27. The van der Waals surface area contributed by atoms with Crippen molar-refractivity contribution < 1.29 is 19.1 Å². The SMILES string of the molecule is O=C(CNC(=O)c1cccc(Cl)c1)NN=Cc1c(OC(=O)c2ccccc2)ccc2ccccc12. The van der Waals surface area contributed by atoms with Crippen molar-refractivity contribution in [2.45, 2.75) is 0 Å². The quantitative estimate of drug-likeness (QED) is 0.173. The molecule has 174 valence electrons. The summed E-state index contributed by atoms with van der Waals surface area (Å²) < 4.78 is 5.62. The number of hydrogen-bond acceptors (Lipinski definition) is 5. The molecule has 0 fully saturated rings. The van der Waals surface area contributed by atoms with E-state index in [2.05, 4.69) is 15.8 Å². The number of halogens is 1. The third kappa shape index (κ3) is 6.10. The standard InChI is InChI=1S/C27H20ClN3O4/c28-21-11-6-10-20(15-21)26(33)29-17-25(32)31-30-16-23-22-12-5-4-7-18(22)13-14-24(23)35-27(34)19-8-2-1-3-9-19/h1-16H,17H2,(H,29,33)(H,31,32). The summed E-state index contributed by atoms with van der Waals surface area (Å²) in [4.78, 5) is 37.0. The molecule has 0 heterocycles. The average molecular weight is 486 g/mol. The van der Waals surface area contributed by atoms with E-state index in [4.69, 9.17) is 16.3 Å². The predicted molar refractivity (Wildman–Crippen MR) is 135 cm³/mol. The van der Waals surface area contributed by atoms with Gasteiger partial charge in [-0.2, -0.15) is 5.10 Å². The molecule has 0 bridgehead atoms. The Morgan fingerprint density at radius 3 is 2.40 bits per heavy atom. The van der Waals surface area contributed by atoms with Crippen molar-refractivity contribution in [2.75, 3.05) is 6.54 Å². The minimum atomic E-state index is -0.528. The third-order valence-corrected chi connectivity index (χ3v) is 5.26. The molecule has 35 heavy (non-hydrogen) atoms. The van der Waals surface area contributed by atoms with Crippen LogP contribution in [0.15, 0.2) is 96.1 Å². The zero-order valence-corrected chi connectivity index (χ0v) is 19.2. The molecule has 0 radical (unpaired) electrons. The summed E-state index contributed by atoms with van der Waals surface area (Å²) in [5.41, 5.74) is 3.65. The van der Waals surface area contributed by atoms with Gasteiger partial charge in [0, 0.05) is 16.1 Å². The van der Waals surface area contributed by atoms with E-state index in [9.17, 15) is 14.4 Å². The molecule has 0 atom stereocenters. The van der Waals surface area contributed by atoms with Crippen molar-refractivity contribution in [2.24, 2.45) is 5.10 Å². The number of hydrazone groups is 1. The van der Waals surface area contributed by atoms with Crippen LogP contribution in [-0.2, 0) is 4.79 Å². The van der Waals surface area contributed by atoms with Crippen LogP contribution >= 0.6 is 11.6 Å². The van der Waals surface area contributed by atoms with E-state index in [1.807, 2.05) is 36.4 Å².